The molecule has 0 bridgehead atoms. The SMILES string of the molecule is CCC(C)CC[Si](C)(C)O[Si](O[Si](C)(C)CCCC(CC(=O)O)CC(=O)O)(O[Si](C)(C)CCC(CC(=O)O)CC(=O)O)c1ccccc1.O=C=O.O=C=O. The van der Waals surface area contributed by atoms with E-state index < -0.39 is 69.5 Å². The molecule has 0 saturated carbocycles. The van der Waals surface area contributed by atoms with Crippen molar-refractivity contribution in [3.63, 3.8) is 0 Å². The molecule has 2 atom stereocenters. The van der Waals surface area contributed by atoms with Crippen LogP contribution in [0.4, 0.5) is 0 Å². The molecule has 0 saturated heterocycles. The largest absolute Gasteiger partial charge is 0.505 e. The molecule has 306 valence electrons. The Bertz CT molecular complexity index is 1320. The lowest BCUT2D eigenvalue weighted by molar-refractivity contribution is -0.193. The fraction of sp³-hybridized carbons (Fsp3) is 0.657. The van der Waals surface area contributed by atoms with E-state index in [0.29, 0.717) is 37.3 Å². The zero-order chi connectivity index (χ0) is 42.2. The van der Waals surface area contributed by atoms with E-state index >= 15 is 0 Å². The van der Waals surface area contributed by atoms with Crippen molar-refractivity contribution in [2.24, 2.45) is 17.8 Å². The third kappa shape index (κ3) is 25.6. The predicted octanol–water partition coefficient (Wildman–Crippen LogP) is 6.07. The quantitative estimate of drug-likeness (QED) is 0.0774. The number of benzene rings is 1. The van der Waals surface area contributed by atoms with Crippen molar-refractivity contribution in [1.29, 1.82) is 0 Å². The summed E-state index contributed by atoms with van der Waals surface area (Å²) in [7, 11) is -11.4. The first-order valence-electron chi connectivity index (χ1n) is 17.9. The average molecular weight is 833 g/mol. The molecule has 1 rings (SSSR count). The summed E-state index contributed by atoms with van der Waals surface area (Å²) in [5.41, 5.74) is 0. The maximum atomic E-state index is 11.5. The molecule has 1 aromatic rings. The predicted molar refractivity (Wildman–Crippen MR) is 206 cm³/mol. The summed E-state index contributed by atoms with van der Waals surface area (Å²) >= 11 is 0. The molecule has 0 heterocycles. The van der Waals surface area contributed by atoms with E-state index in [-0.39, 0.29) is 38.0 Å². The van der Waals surface area contributed by atoms with E-state index in [1.165, 1.54) is 0 Å². The molecule has 1 aromatic carbocycles. The van der Waals surface area contributed by atoms with Crippen LogP contribution in [0.5, 0.6) is 0 Å². The van der Waals surface area contributed by atoms with Gasteiger partial charge in [-0.1, -0.05) is 63.4 Å². The van der Waals surface area contributed by atoms with Gasteiger partial charge in [-0.3, -0.25) is 19.2 Å². The summed E-state index contributed by atoms with van der Waals surface area (Å²) in [4.78, 5) is 78.3. The molecule has 0 amide bonds. The molecule has 0 aromatic heterocycles. The lowest BCUT2D eigenvalue weighted by Crippen LogP contribution is -2.68. The van der Waals surface area contributed by atoms with Gasteiger partial charge in [0.05, 0.1) is 0 Å². The Kier molecular flexibility index (Phi) is 25.8. The molecule has 2 unspecified atom stereocenters. The summed E-state index contributed by atoms with van der Waals surface area (Å²) in [6, 6.07) is 11.8. The number of aliphatic carboxylic acids is 4. The monoisotopic (exact) mass is 832 g/mol. The van der Waals surface area contributed by atoms with Crippen LogP contribution in [-0.4, -0.2) is 90.4 Å². The minimum Gasteiger partial charge on any atom is -0.481 e. The molecule has 0 fully saturated rings. The highest BCUT2D eigenvalue weighted by Gasteiger charge is 2.54. The van der Waals surface area contributed by atoms with Crippen molar-refractivity contribution >= 4 is 75.1 Å². The molecular formula is C35H60O15Si4. The van der Waals surface area contributed by atoms with Crippen LogP contribution in [0.1, 0.15) is 71.6 Å². The van der Waals surface area contributed by atoms with E-state index in [4.69, 9.17) is 31.5 Å². The molecule has 0 spiro atoms. The number of rotatable bonds is 26. The van der Waals surface area contributed by atoms with Crippen LogP contribution in [0, 0.1) is 17.8 Å². The van der Waals surface area contributed by atoms with Crippen LogP contribution in [-0.2, 0) is 50.7 Å². The molecule has 19 heteroatoms. The molecule has 0 aliphatic heterocycles. The van der Waals surface area contributed by atoms with Gasteiger partial charge in [-0.25, -0.2) is 0 Å². The van der Waals surface area contributed by atoms with Crippen LogP contribution >= 0.6 is 0 Å². The van der Waals surface area contributed by atoms with E-state index in [1.54, 1.807) is 0 Å². The highest BCUT2D eigenvalue weighted by Crippen LogP contribution is 2.33. The Balaban J connectivity index is 0. The van der Waals surface area contributed by atoms with E-state index in [1.807, 2.05) is 43.4 Å². The first-order chi connectivity index (χ1) is 24.9. The van der Waals surface area contributed by atoms with Crippen LogP contribution in [0.2, 0.25) is 57.4 Å². The summed E-state index contributed by atoms with van der Waals surface area (Å²) in [5.74, 6) is -4.56. The van der Waals surface area contributed by atoms with Crippen molar-refractivity contribution in [3.05, 3.63) is 30.3 Å². The van der Waals surface area contributed by atoms with Gasteiger partial charge >= 0.3 is 45.0 Å². The van der Waals surface area contributed by atoms with E-state index in [9.17, 15) is 39.6 Å². The number of carbonyl (C=O) groups excluding carboxylic acids is 4. The fourth-order valence-electron chi connectivity index (χ4n) is 5.83. The number of carbonyl (C=O) groups is 4. The number of carboxylic acid groups (broad SMARTS) is 4. The standard InChI is InChI=1S/C33H60O11Si4.2CO2/c1-9-26(2)17-20-46(5,6)43-48(29-15-11-10-12-16-29,44-47(7,8)21-18-28(24-32(38)39)25-33(40)41)42-45(3,4)19-13-14-27(22-30(34)35)23-31(36)37;2*2-1-3/h10-12,15-16,26-28H,9,13-14,17-25H2,1-8H3,(H,34,35)(H,36,37)(H,38,39)(H,40,41);;. The summed E-state index contributed by atoms with van der Waals surface area (Å²) in [6.07, 6.45) is 3.15. The van der Waals surface area contributed by atoms with Gasteiger partial charge in [-0.15, -0.1) is 0 Å². The first kappa shape index (κ1) is 52.7. The Morgan fingerprint density at radius 1 is 0.593 bits per heavy atom. The molecular weight excluding hydrogens is 773 g/mol. The van der Waals surface area contributed by atoms with Crippen molar-refractivity contribution in [2.75, 3.05) is 0 Å². The zero-order valence-electron chi connectivity index (χ0n) is 32.9. The number of hydrogen-bond acceptors (Lipinski definition) is 11. The topological polar surface area (TPSA) is 245 Å². The van der Waals surface area contributed by atoms with Crippen molar-refractivity contribution in [2.45, 2.75) is 129 Å². The van der Waals surface area contributed by atoms with Crippen LogP contribution in [0.3, 0.4) is 0 Å². The van der Waals surface area contributed by atoms with Crippen LogP contribution in [0.25, 0.3) is 0 Å². The van der Waals surface area contributed by atoms with E-state index in [0.717, 1.165) is 24.1 Å². The van der Waals surface area contributed by atoms with Gasteiger partial charge in [0.15, 0.2) is 25.0 Å². The maximum absolute atomic E-state index is 11.5. The molecule has 0 aliphatic rings. The maximum Gasteiger partial charge on any atom is 0.505 e. The summed E-state index contributed by atoms with van der Waals surface area (Å²) in [6.45, 7) is 17.1. The van der Waals surface area contributed by atoms with Crippen LogP contribution < -0.4 is 5.19 Å². The van der Waals surface area contributed by atoms with Crippen molar-refractivity contribution in [3.8, 4) is 0 Å². The first-order valence-corrected chi connectivity index (χ1v) is 29.0. The molecule has 0 radical (unpaired) electrons. The number of hydrogen-bond donors (Lipinski definition) is 4. The second-order valence-electron chi connectivity index (χ2n) is 15.3. The Labute approximate surface area is 322 Å². The van der Waals surface area contributed by atoms with E-state index in [2.05, 4.69) is 40.0 Å². The van der Waals surface area contributed by atoms with Crippen molar-refractivity contribution < 1.29 is 71.1 Å². The smallest absolute Gasteiger partial charge is 0.481 e. The van der Waals surface area contributed by atoms with Gasteiger partial charge in [-0.05, 0) is 88.0 Å². The summed E-state index contributed by atoms with van der Waals surface area (Å²) < 4.78 is 21.8. The van der Waals surface area contributed by atoms with Gasteiger partial charge in [0.1, 0.15) is 0 Å². The molecule has 4 N–H and O–H groups in total. The van der Waals surface area contributed by atoms with Gasteiger partial charge in [0.25, 0.3) is 0 Å². The normalized spacial score (nSPS) is 13.2. The minimum absolute atomic E-state index is 0.204. The third-order valence-corrected chi connectivity index (χ3v) is 24.1. The Morgan fingerprint density at radius 2 is 0.926 bits per heavy atom. The van der Waals surface area contributed by atoms with Gasteiger partial charge in [-0.2, -0.15) is 19.2 Å². The fourth-order valence-corrected chi connectivity index (χ4v) is 22.8. The van der Waals surface area contributed by atoms with Crippen LogP contribution in [0.15, 0.2) is 30.3 Å². The summed E-state index contributed by atoms with van der Waals surface area (Å²) in [5, 5.41) is 38.3. The molecule has 54 heavy (non-hydrogen) atoms. The Hall–Kier alpha value is -3.39. The average Bonchev–Trinajstić information content (AvgIpc) is 3.02. The zero-order valence-corrected chi connectivity index (χ0v) is 36.9. The lowest BCUT2D eigenvalue weighted by atomic mass is 9.96. The second kappa shape index (κ2) is 26.4. The van der Waals surface area contributed by atoms with Gasteiger partial charge < -0.3 is 32.8 Å². The third-order valence-electron chi connectivity index (χ3n) is 8.69. The second-order valence-corrected chi connectivity index (χ2v) is 31.5. The molecule has 15 nitrogen and oxygen atoms in total. The van der Waals surface area contributed by atoms with Gasteiger partial charge in [0.2, 0.25) is 0 Å². The number of carboxylic acids is 4. The Morgan fingerprint density at radius 3 is 1.28 bits per heavy atom. The minimum atomic E-state index is -3.66. The lowest BCUT2D eigenvalue weighted by Gasteiger charge is -2.45. The highest BCUT2D eigenvalue weighted by atomic mass is 28.5. The molecule has 0 aliphatic carbocycles. The van der Waals surface area contributed by atoms with Crippen molar-refractivity contribution in [1.82, 2.24) is 0 Å². The highest BCUT2D eigenvalue weighted by molar-refractivity contribution is 6.96. The van der Waals surface area contributed by atoms with Gasteiger partial charge in [0, 0.05) is 30.9 Å².